The first-order valence-corrected chi connectivity index (χ1v) is 12.1. The van der Waals surface area contributed by atoms with E-state index in [0.29, 0.717) is 15.3 Å². The van der Waals surface area contributed by atoms with E-state index in [2.05, 4.69) is 11.2 Å². The van der Waals surface area contributed by atoms with E-state index in [1.165, 1.54) is 28.5 Å². The Bertz CT molecular complexity index is 1350. The van der Waals surface area contributed by atoms with Crippen molar-refractivity contribution in [2.24, 2.45) is 0 Å². The number of hydrogen-bond acceptors (Lipinski definition) is 5. The number of nitriles is 1. The van der Waals surface area contributed by atoms with Crippen molar-refractivity contribution in [2.75, 3.05) is 6.54 Å². The van der Waals surface area contributed by atoms with Crippen LogP contribution in [-0.2, 0) is 24.0 Å². The Kier molecular flexibility index (Phi) is 6.60. The zero-order chi connectivity index (χ0) is 26.4. The van der Waals surface area contributed by atoms with Gasteiger partial charge in [0.1, 0.15) is 22.4 Å². The van der Waals surface area contributed by atoms with Crippen molar-refractivity contribution in [1.82, 2.24) is 14.7 Å². The van der Waals surface area contributed by atoms with Gasteiger partial charge in [-0.1, -0.05) is 12.1 Å². The molecule has 1 amide bonds. The van der Waals surface area contributed by atoms with E-state index in [-0.39, 0.29) is 36.3 Å². The van der Waals surface area contributed by atoms with Crippen molar-refractivity contribution < 1.29 is 27.1 Å². The molecule has 3 aromatic rings. The molecule has 0 saturated heterocycles. The molecule has 4 rings (SSSR count). The van der Waals surface area contributed by atoms with Crippen LogP contribution in [0, 0.1) is 17.1 Å². The number of thiophene rings is 1. The van der Waals surface area contributed by atoms with E-state index in [0.717, 1.165) is 10.7 Å². The van der Waals surface area contributed by atoms with Crippen molar-refractivity contribution in [3.05, 3.63) is 62.9 Å². The number of amides is 1. The Labute approximate surface area is 209 Å². The summed E-state index contributed by atoms with van der Waals surface area (Å²) in [7, 11) is 0. The summed E-state index contributed by atoms with van der Waals surface area (Å²) in [5, 5.41) is 13.1. The van der Waals surface area contributed by atoms with Gasteiger partial charge in [-0.2, -0.15) is 23.5 Å². The first-order valence-electron chi connectivity index (χ1n) is 11.3. The van der Waals surface area contributed by atoms with Crippen molar-refractivity contribution in [3.8, 4) is 17.2 Å². The summed E-state index contributed by atoms with van der Waals surface area (Å²) in [5.41, 5.74) is -1.59. The number of aromatic nitrogens is 2. The summed E-state index contributed by atoms with van der Waals surface area (Å²) in [6, 6.07) is 7.83. The van der Waals surface area contributed by atoms with E-state index >= 15 is 4.39 Å². The molecule has 0 saturated carbocycles. The Hall–Kier alpha value is -3.39. The molecule has 6 nitrogen and oxygen atoms in total. The molecule has 0 fully saturated rings. The number of aryl methyl sites for hydroxylation is 1. The lowest BCUT2D eigenvalue weighted by Crippen LogP contribution is -2.41. The number of carbonyl (C=O) groups is 1. The predicted octanol–water partition coefficient (Wildman–Crippen LogP) is 6.54. The second-order valence-electron chi connectivity index (χ2n) is 9.46. The Morgan fingerprint density at radius 1 is 1.28 bits per heavy atom. The molecule has 1 aromatic carbocycles. The van der Waals surface area contributed by atoms with E-state index in [4.69, 9.17) is 4.74 Å². The second kappa shape index (κ2) is 9.24. The minimum absolute atomic E-state index is 0.0449. The molecule has 11 heteroatoms. The molecule has 0 spiro atoms. The highest BCUT2D eigenvalue weighted by Crippen LogP contribution is 2.45. The number of rotatable bonds is 3. The molecule has 0 radical (unpaired) electrons. The average molecular weight is 521 g/mol. The molecule has 1 aliphatic rings. The summed E-state index contributed by atoms with van der Waals surface area (Å²) >= 11 is 1.19. The van der Waals surface area contributed by atoms with Crippen LogP contribution < -0.4 is 0 Å². The highest BCUT2D eigenvalue weighted by molar-refractivity contribution is 7.12. The lowest BCUT2D eigenvalue weighted by Gasteiger charge is -2.35. The normalized spacial score (nSPS) is 16.0. The van der Waals surface area contributed by atoms with E-state index in [1.54, 1.807) is 39.8 Å². The van der Waals surface area contributed by atoms with Gasteiger partial charge in [-0.05, 0) is 51.0 Å². The van der Waals surface area contributed by atoms with E-state index in [9.17, 15) is 23.2 Å². The van der Waals surface area contributed by atoms with Crippen LogP contribution in [0.5, 0.6) is 0 Å². The van der Waals surface area contributed by atoms with Crippen LogP contribution >= 0.6 is 11.3 Å². The molecule has 0 aliphatic carbocycles. The van der Waals surface area contributed by atoms with Crippen LogP contribution in [0.25, 0.3) is 11.1 Å². The smallest absolute Gasteiger partial charge is 0.435 e. The van der Waals surface area contributed by atoms with Gasteiger partial charge in [-0.3, -0.25) is 4.68 Å². The van der Waals surface area contributed by atoms with Crippen molar-refractivity contribution in [1.29, 1.82) is 5.26 Å². The van der Waals surface area contributed by atoms with Gasteiger partial charge in [-0.15, -0.1) is 11.3 Å². The number of hydrogen-bond donors (Lipinski definition) is 0. The highest BCUT2D eigenvalue weighted by Gasteiger charge is 2.40. The molecular weight excluding hydrogens is 496 g/mol. The topological polar surface area (TPSA) is 71.2 Å². The lowest BCUT2D eigenvalue weighted by molar-refractivity contribution is -0.141. The third-order valence-corrected chi connectivity index (χ3v) is 6.80. The predicted molar refractivity (Wildman–Crippen MR) is 126 cm³/mol. The maximum atomic E-state index is 15.3. The van der Waals surface area contributed by atoms with Gasteiger partial charge >= 0.3 is 12.3 Å². The number of halogens is 4. The number of nitrogens with zero attached hydrogens (tertiary/aromatic N) is 4. The third kappa shape index (κ3) is 4.95. The van der Waals surface area contributed by atoms with Crippen molar-refractivity contribution >= 4 is 17.4 Å². The van der Waals surface area contributed by atoms with Gasteiger partial charge < -0.3 is 9.64 Å². The monoisotopic (exact) mass is 520 g/mol. The molecular formula is C25H24F4N4O2S. The van der Waals surface area contributed by atoms with Gasteiger partial charge in [0.2, 0.25) is 0 Å². The molecule has 2 aromatic heterocycles. The first kappa shape index (κ1) is 25.7. The summed E-state index contributed by atoms with van der Waals surface area (Å²) < 4.78 is 63.7. The van der Waals surface area contributed by atoms with Gasteiger partial charge in [-0.25, -0.2) is 9.18 Å². The molecule has 36 heavy (non-hydrogen) atoms. The number of benzene rings is 1. The Balaban J connectivity index is 1.90. The molecule has 1 aliphatic heterocycles. The molecule has 1 atom stereocenters. The van der Waals surface area contributed by atoms with E-state index < -0.39 is 35.3 Å². The fourth-order valence-corrected chi connectivity index (χ4v) is 5.33. The molecule has 0 N–H and O–H groups in total. The second-order valence-corrected chi connectivity index (χ2v) is 10.6. The van der Waals surface area contributed by atoms with Gasteiger partial charge in [0.25, 0.3) is 0 Å². The highest BCUT2D eigenvalue weighted by atomic mass is 32.1. The van der Waals surface area contributed by atoms with Gasteiger partial charge in [0.15, 0.2) is 5.69 Å². The van der Waals surface area contributed by atoms with Crippen LogP contribution in [0.2, 0.25) is 0 Å². The third-order valence-electron chi connectivity index (χ3n) is 5.76. The first-order chi connectivity index (χ1) is 16.8. The summed E-state index contributed by atoms with van der Waals surface area (Å²) in [6.07, 6.45) is -4.21. The summed E-state index contributed by atoms with van der Waals surface area (Å²) in [5.74, 6) is -1.52. The maximum absolute atomic E-state index is 15.3. The number of ether oxygens (including phenoxy) is 1. The summed E-state index contributed by atoms with van der Waals surface area (Å²) in [4.78, 5) is 15.5. The number of fused-ring (bicyclic) bond motifs is 1. The maximum Gasteiger partial charge on any atom is 0.435 e. The largest absolute Gasteiger partial charge is 0.444 e. The van der Waals surface area contributed by atoms with Crippen molar-refractivity contribution in [3.63, 3.8) is 0 Å². The minimum Gasteiger partial charge on any atom is -0.444 e. The molecule has 0 unspecified atom stereocenters. The van der Waals surface area contributed by atoms with Crippen molar-refractivity contribution in [2.45, 2.75) is 58.5 Å². The zero-order valence-corrected chi connectivity index (χ0v) is 20.9. The Morgan fingerprint density at radius 2 is 2.00 bits per heavy atom. The number of carbonyl (C=O) groups excluding carboxylic acids is 1. The summed E-state index contributed by atoms with van der Waals surface area (Å²) in [6.45, 7) is 7.22. The standard InChI is InChI=1S/C25H24F4N4O2S/c1-5-33-12-18(22(31-33)25(27,28)29)21-15(7-6-8-19(21)26)17-11-32(23(34)35-24(2,3)4)13-20-16(17)9-14(10-30)36-20/h6-9,12,17H,5,11,13H2,1-4H3/t17-/m0/s1. The van der Waals surface area contributed by atoms with Crippen LogP contribution in [-0.4, -0.2) is 32.9 Å². The fraction of sp³-hybridized carbons (Fsp3) is 0.400. The molecule has 3 heterocycles. The minimum atomic E-state index is -4.80. The quantitative estimate of drug-likeness (QED) is 0.368. The number of alkyl halides is 3. The zero-order valence-electron chi connectivity index (χ0n) is 20.1. The lowest BCUT2D eigenvalue weighted by atomic mass is 9.83. The van der Waals surface area contributed by atoms with Gasteiger partial charge in [0, 0.05) is 41.2 Å². The van der Waals surface area contributed by atoms with Crippen LogP contribution in [0.4, 0.5) is 22.4 Å². The fourth-order valence-electron chi connectivity index (χ4n) is 4.30. The Morgan fingerprint density at radius 3 is 2.61 bits per heavy atom. The molecule has 0 bridgehead atoms. The van der Waals surface area contributed by atoms with Crippen LogP contribution in [0.15, 0.2) is 30.5 Å². The average Bonchev–Trinajstić information content (AvgIpc) is 3.41. The molecule has 190 valence electrons. The van der Waals surface area contributed by atoms with Crippen LogP contribution in [0.3, 0.4) is 0 Å². The SMILES string of the molecule is CCn1cc(-c2c(F)cccc2[C@@H]2CN(C(=O)OC(C)(C)C)Cc3sc(C#N)cc32)c(C(F)(F)F)n1. The van der Waals surface area contributed by atoms with Gasteiger partial charge in [0.05, 0.1) is 6.54 Å². The van der Waals surface area contributed by atoms with Crippen LogP contribution in [0.1, 0.15) is 60.2 Å². The van der Waals surface area contributed by atoms with E-state index in [1.807, 2.05) is 0 Å².